The first-order chi connectivity index (χ1) is 7.99. The molecule has 0 spiro atoms. The fourth-order valence-electron chi connectivity index (χ4n) is 1.57. The predicted molar refractivity (Wildman–Crippen MR) is 72.1 cm³/mol. The lowest BCUT2D eigenvalue weighted by Crippen LogP contribution is -2.00. The second-order valence-electron chi connectivity index (χ2n) is 4.17. The van der Waals surface area contributed by atoms with Crippen LogP contribution in [0.5, 0.6) is 0 Å². The molecule has 0 saturated carbocycles. The zero-order valence-corrected chi connectivity index (χ0v) is 11.1. The standard InChI is InChI=1S/C12H13Cl2N3/c1-7(2)11-3-4-17(16-11)12-9(13)5-8(15)6-10(12)14/h3-7H,15H2,1-2H3. The van der Waals surface area contributed by atoms with E-state index in [1.807, 2.05) is 12.3 Å². The molecule has 90 valence electrons. The van der Waals surface area contributed by atoms with Gasteiger partial charge in [-0.1, -0.05) is 37.0 Å². The van der Waals surface area contributed by atoms with Crippen LogP contribution in [0.1, 0.15) is 25.5 Å². The van der Waals surface area contributed by atoms with Gasteiger partial charge in [0.2, 0.25) is 0 Å². The van der Waals surface area contributed by atoms with Gasteiger partial charge >= 0.3 is 0 Å². The SMILES string of the molecule is CC(C)c1ccn(-c2c(Cl)cc(N)cc2Cl)n1. The molecule has 1 heterocycles. The van der Waals surface area contributed by atoms with Gasteiger partial charge in [-0.05, 0) is 24.1 Å². The van der Waals surface area contributed by atoms with Crippen LogP contribution in [0.2, 0.25) is 10.0 Å². The number of halogens is 2. The summed E-state index contributed by atoms with van der Waals surface area (Å²) in [5.41, 5.74) is 7.86. The molecule has 5 heteroatoms. The molecular weight excluding hydrogens is 257 g/mol. The number of anilines is 1. The van der Waals surface area contributed by atoms with Crippen molar-refractivity contribution in [3.05, 3.63) is 40.1 Å². The Morgan fingerprint density at radius 1 is 1.24 bits per heavy atom. The molecule has 2 aromatic rings. The van der Waals surface area contributed by atoms with Gasteiger partial charge in [0.1, 0.15) is 5.69 Å². The van der Waals surface area contributed by atoms with Crippen LogP contribution in [0, 0.1) is 0 Å². The highest BCUT2D eigenvalue weighted by Gasteiger charge is 2.12. The summed E-state index contributed by atoms with van der Waals surface area (Å²) in [4.78, 5) is 0. The number of aromatic nitrogens is 2. The van der Waals surface area contributed by atoms with Gasteiger partial charge in [0.05, 0.1) is 15.7 Å². The van der Waals surface area contributed by atoms with Gasteiger partial charge < -0.3 is 5.73 Å². The summed E-state index contributed by atoms with van der Waals surface area (Å²) in [6.07, 6.45) is 1.85. The van der Waals surface area contributed by atoms with Crippen LogP contribution in [-0.4, -0.2) is 9.78 Å². The van der Waals surface area contributed by atoms with Gasteiger partial charge in [-0.3, -0.25) is 0 Å². The van der Waals surface area contributed by atoms with Crippen LogP contribution in [0.3, 0.4) is 0 Å². The van der Waals surface area contributed by atoms with E-state index in [1.54, 1.807) is 16.8 Å². The molecule has 0 aliphatic carbocycles. The van der Waals surface area contributed by atoms with Gasteiger partial charge in [0.15, 0.2) is 0 Å². The van der Waals surface area contributed by atoms with Crippen molar-refractivity contribution in [3.8, 4) is 5.69 Å². The highest BCUT2D eigenvalue weighted by atomic mass is 35.5. The molecule has 0 aliphatic heterocycles. The Morgan fingerprint density at radius 3 is 2.29 bits per heavy atom. The molecule has 1 aromatic carbocycles. The molecule has 0 fully saturated rings. The van der Waals surface area contributed by atoms with Gasteiger partial charge in [0.25, 0.3) is 0 Å². The summed E-state index contributed by atoms with van der Waals surface area (Å²) >= 11 is 12.3. The van der Waals surface area contributed by atoms with Gasteiger partial charge in [0, 0.05) is 11.9 Å². The van der Waals surface area contributed by atoms with Crippen molar-refractivity contribution < 1.29 is 0 Å². The van der Waals surface area contributed by atoms with Crippen molar-refractivity contribution in [2.45, 2.75) is 19.8 Å². The number of nitrogens with two attached hydrogens (primary N) is 1. The van der Waals surface area contributed by atoms with E-state index in [0.29, 0.717) is 27.3 Å². The molecule has 0 radical (unpaired) electrons. The van der Waals surface area contributed by atoms with Crippen molar-refractivity contribution in [3.63, 3.8) is 0 Å². The zero-order chi connectivity index (χ0) is 12.6. The van der Waals surface area contributed by atoms with Crippen LogP contribution >= 0.6 is 23.2 Å². The lowest BCUT2D eigenvalue weighted by atomic mass is 10.1. The Labute approximate surface area is 110 Å². The number of benzene rings is 1. The lowest BCUT2D eigenvalue weighted by molar-refractivity contribution is 0.768. The molecule has 0 amide bonds. The summed E-state index contributed by atoms with van der Waals surface area (Å²) < 4.78 is 1.68. The normalized spacial score (nSPS) is 11.1. The maximum Gasteiger partial charge on any atom is 0.102 e. The van der Waals surface area contributed by atoms with E-state index in [4.69, 9.17) is 28.9 Å². The first-order valence-corrected chi connectivity index (χ1v) is 6.05. The van der Waals surface area contributed by atoms with E-state index < -0.39 is 0 Å². The highest BCUT2D eigenvalue weighted by molar-refractivity contribution is 6.38. The van der Waals surface area contributed by atoms with Crippen LogP contribution in [0.15, 0.2) is 24.4 Å². The summed E-state index contributed by atoms with van der Waals surface area (Å²) in [5.74, 6) is 0.364. The van der Waals surface area contributed by atoms with Crippen molar-refractivity contribution >= 4 is 28.9 Å². The average molecular weight is 270 g/mol. The molecule has 0 saturated heterocycles. The summed E-state index contributed by atoms with van der Waals surface area (Å²) in [7, 11) is 0. The minimum atomic E-state index is 0.364. The van der Waals surface area contributed by atoms with Gasteiger partial charge in [-0.25, -0.2) is 4.68 Å². The Balaban J connectivity index is 2.52. The minimum Gasteiger partial charge on any atom is -0.399 e. The molecule has 0 unspecified atom stereocenters. The van der Waals surface area contributed by atoms with E-state index in [9.17, 15) is 0 Å². The first kappa shape index (κ1) is 12.3. The van der Waals surface area contributed by atoms with Crippen molar-refractivity contribution in [1.82, 2.24) is 9.78 Å². The fraction of sp³-hybridized carbons (Fsp3) is 0.250. The smallest absolute Gasteiger partial charge is 0.102 e. The Bertz CT molecular complexity index is 523. The summed E-state index contributed by atoms with van der Waals surface area (Å²) in [6.45, 7) is 4.16. The topological polar surface area (TPSA) is 43.8 Å². The number of hydrogen-bond donors (Lipinski definition) is 1. The monoisotopic (exact) mass is 269 g/mol. The number of hydrogen-bond acceptors (Lipinski definition) is 2. The van der Waals surface area contributed by atoms with Crippen LogP contribution in [0.25, 0.3) is 5.69 Å². The van der Waals surface area contributed by atoms with E-state index in [2.05, 4.69) is 18.9 Å². The third-order valence-corrected chi connectivity index (χ3v) is 3.05. The number of rotatable bonds is 2. The maximum atomic E-state index is 6.13. The molecule has 0 atom stereocenters. The largest absolute Gasteiger partial charge is 0.399 e. The highest BCUT2D eigenvalue weighted by Crippen LogP contribution is 2.31. The predicted octanol–water partition coefficient (Wildman–Crippen LogP) is 3.88. The lowest BCUT2D eigenvalue weighted by Gasteiger charge is -2.08. The minimum absolute atomic E-state index is 0.364. The molecule has 0 aliphatic rings. The summed E-state index contributed by atoms with van der Waals surface area (Å²) in [6, 6.07) is 5.28. The van der Waals surface area contributed by atoms with Gasteiger partial charge in [-0.2, -0.15) is 5.10 Å². The van der Waals surface area contributed by atoms with Crippen LogP contribution < -0.4 is 5.73 Å². The Hall–Kier alpha value is -1.19. The van der Waals surface area contributed by atoms with Gasteiger partial charge in [-0.15, -0.1) is 0 Å². The second kappa shape index (κ2) is 4.59. The molecule has 3 nitrogen and oxygen atoms in total. The third-order valence-electron chi connectivity index (χ3n) is 2.47. The average Bonchev–Trinajstić information content (AvgIpc) is 2.65. The second-order valence-corrected chi connectivity index (χ2v) is 4.99. The first-order valence-electron chi connectivity index (χ1n) is 5.29. The van der Waals surface area contributed by atoms with Crippen LogP contribution in [0.4, 0.5) is 5.69 Å². The molecular formula is C12H13Cl2N3. The number of nitrogen functional groups attached to an aromatic ring is 1. The third kappa shape index (κ3) is 2.40. The van der Waals surface area contributed by atoms with Crippen molar-refractivity contribution in [2.24, 2.45) is 0 Å². The molecule has 2 rings (SSSR count). The van der Waals surface area contributed by atoms with E-state index >= 15 is 0 Å². The van der Waals surface area contributed by atoms with Crippen molar-refractivity contribution in [1.29, 1.82) is 0 Å². The Morgan fingerprint density at radius 2 is 1.82 bits per heavy atom. The molecule has 17 heavy (non-hydrogen) atoms. The summed E-state index contributed by atoms with van der Waals surface area (Å²) in [5, 5.41) is 5.43. The van der Waals surface area contributed by atoms with Crippen LogP contribution in [-0.2, 0) is 0 Å². The van der Waals surface area contributed by atoms with E-state index in [1.165, 1.54) is 0 Å². The molecule has 2 N–H and O–H groups in total. The maximum absolute atomic E-state index is 6.13. The number of nitrogens with zero attached hydrogens (tertiary/aromatic N) is 2. The zero-order valence-electron chi connectivity index (χ0n) is 9.61. The van der Waals surface area contributed by atoms with E-state index in [-0.39, 0.29) is 0 Å². The fourth-order valence-corrected chi connectivity index (χ4v) is 2.25. The van der Waals surface area contributed by atoms with E-state index in [0.717, 1.165) is 5.69 Å². The molecule has 1 aromatic heterocycles. The quantitative estimate of drug-likeness (QED) is 0.841. The Kier molecular flexibility index (Phi) is 3.31. The molecule has 0 bridgehead atoms. The van der Waals surface area contributed by atoms with Crippen molar-refractivity contribution in [2.75, 3.05) is 5.73 Å².